The number of hydrogen-bond acceptors (Lipinski definition) is 3. The first-order valence-corrected chi connectivity index (χ1v) is 11.8. The number of sulfonamides is 1. The van der Waals surface area contributed by atoms with Crippen LogP contribution in [0.1, 0.15) is 27.0 Å². The van der Waals surface area contributed by atoms with Crippen LogP contribution in [0, 0.1) is 6.92 Å². The smallest absolute Gasteiger partial charge is 0.259 e. The summed E-state index contributed by atoms with van der Waals surface area (Å²) in [6, 6.07) is 19.7. The van der Waals surface area contributed by atoms with E-state index in [9.17, 15) is 13.2 Å². The fraction of sp³-hybridized carbons (Fsp3) is 0.208. The molecule has 3 aromatic carbocycles. The van der Waals surface area contributed by atoms with E-state index in [1.54, 1.807) is 7.05 Å². The molecule has 7 heteroatoms. The van der Waals surface area contributed by atoms with E-state index < -0.39 is 10.0 Å². The topological polar surface area (TPSA) is 57.7 Å². The Hall–Kier alpha value is -2.67. The number of aryl methyl sites for hydroxylation is 1. The molecule has 0 aliphatic carbocycles. The van der Waals surface area contributed by atoms with E-state index in [2.05, 4.69) is 0 Å². The first-order valence-electron chi connectivity index (χ1n) is 9.98. The third-order valence-electron chi connectivity index (χ3n) is 5.63. The molecular formula is C24H23ClN2O3S. The van der Waals surface area contributed by atoms with E-state index in [4.69, 9.17) is 11.6 Å². The van der Waals surface area contributed by atoms with Crippen molar-refractivity contribution < 1.29 is 13.2 Å². The van der Waals surface area contributed by atoms with Gasteiger partial charge in [0, 0.05) is 25.8 Å². The van der Waals surface area contributed by atoms with E-state index in [0.717, 1.165) is 11.1 Å². The number of anilines is 1. The average molecular weight is 455 g/mol. The molecule has 0 N–H and O–H groups in total. The van der Waals surface area contributed by atoms with Crippen molar-refractivity contribution in [3.8, 4) is 0 Å². The van der Waals surface area contributed by atoms with Gasteiger partial charge in [0.25, 0.3) is 5.91 Å². The Bertz CT molecular complexity index is 1240. The Morgan fingerprint density at radius 3 is 2.39 bits per heavy atom. The summed E-state index contributed by atoms with van der Waals surface area (Å²) in [5, 5.41) is 0.215. The van der Waals surface area contributed by atoms with Crippen molar-refractivity contribution in [2.45, 2.75) is 24.8 Å². The largest absolute Gasteiger partial charge is 0.311 e. The molecule has 0 unspecified atom stereocenters. The summed E-state index contributed by atoms with van der Waals surface area (Å²) < 4.78 is 28.1. The Morgan fingerprint density at radius 1 is 1.00 bits per heavy atom. The van der Waals surface area contributed by atoms with Crippen LogP contribution in [-0.2, 0) is 23.0 Å². The van der Waals surface area contributed by atoms with Crippen molar-refractivity contribution >= 4 is 33.2 Å². The fourth-order valence-corrected chi connectivity index (χ4v) is 5.36. The lowest BCUT2D eigenvalue weighted by Crippen LogP contribution is -2.36. The van der Waals surface area contributed by atoms with Crippen molar-refractivity contribution in [2.75, 3.05) is 18.5 Å². The van der Waals surface area contributed by atoms with Gasteiger partial charge in [-0.15, -0.1) is 0 Å². The lowest BCUT2D eigenvalue weighted by atomic mass is 10.0. The SMILES string of the molecule is Cc1ccc(N(C)C(=O)c2cc(S(=O)(=O)N3CCc4ccccc4C3)ccc2Cl)cc1. The average Bonchev–Trinajstić information content (AvgIpc) is 2.78. The van der Waals surface area contributed by atoms with Gasteiger partial charge in [-0.3, -0.25) is 4.79 Å². The molecule has 0 bridgehead atoms. The Kier molecular flexibility index (Phi) is 5.88. The van der Waals surface area contributed by atoms with Crippen LogP contribution in [0.5, 0.6) is 0 Å². The molecule has 0 saturated heterocycles. The van der Waals surface area contributed by atoms with Crippen LogP contribution in [0.4, 0.5) is 5.69 Å². The summed E-state index contributed by atoms with van der Waals surface area (Å²) in [6.07, 6.45) is 0.658. The van der Waals surface area contributed by atoms with E-state index >= 15 is 0 Å². The van der Waals surface area contributed by atoms with Crippen LogP contribution in [0.3, 0.4) is 0 Å². The molecule has 1 heterocycles. The molecular weight excluding hydrogens is 432 g/mol. The van der Waals surface area contributed by atoms with E-state index in [0.29, 0.717) is 25.2 Å². The number of halogens is 1. The third-order valence-corrected chi connectivity index (χ3v) is 7.80. The number of rotatable bonds is 4. The molecule has 4 rings (SSSR count). The number of benzene rings is 3. The second-order valence-corrected chi connectivity index (χ2v) is 10.0. The Morgan fingerprint density at radius 2 is 1.68 bits per heavy atom. The standard InChI is InChI=1S/C24H23ClN2O3S/c1-17-7-9-20(10-8-17)26(2)24(28)22-15-21(11-12-23(22)25)31(29,30)27-14-13-18-5-3-4-6-19(18)16-27/h3-12,15H,13-14,16H2,1-2H3. The van der Waals surface area contributed by atoms with Gasteiger partial charge in [0.1, 0.15) is 0 Å². The maximum Gasteiger partial charge on any atom is 0.259 e. The van der Waals surface area contributed by atoms with Crippen molar-refractivity contribution in [1.82, 2.24) is 4.31 Å². The van der Waals surface area contributed by atoms with Crippen molar-refractivity contribution in [2.24, 2.45) is 0 Å². The molecule has 0 fully saturated rings. The van der Waals surface area contributed by atoms with Crippen LogP contribution >= 0.6 is 11.6 Å². The summed E-state index contributed by atoms with van der Waals surface area (Å²) in [4.78, 5) is 14.6. The molecule has 5 nitrogen and oxygen atoms in total. The zero-order valence-electron chi connectivity index (χ0n) is 17.4. The predicted molar refractivity (Wildman–Crippen MR) is 123 cm³/mol. The van der Waals surface area contributed by atoms with Gasteiger partial charge in [0.05, 0.1) is 15.5 Å². The molecule has 0 atom stereocenters. The van der Waals surface area contributed by atoms with Gasteiger partial charge in [0.15, 0.2) is 0 Å². The minimum atomic E-state index is -3.77. The second kappa shape index (κ2) is 8.46. The Balaban J connectivity index is 1.64. The molecule has 3 aromatic rings. The normalized spacial score (nSPS) is 14.2. The summed E-state index contributed by atoms with van der Waals surface area (Å²) in [5.41, 5.74) is 4.11. The van der Waals surface area contributed by atoms with Gasteiger partial charge in [0.2, 0.25) is 10.0 Å². The Labute approximate surface area is 187 Å². The highest BCUT2D eigenvalue weighted by Crippen LogP contribution is 2.28. The molecule has 0 saturated carbocycles. The minimum absolute atomic E-state index is 0.0666. The molecule has 1 aliphatic rings. The summed E-state index contributed by atoms with van der Waals surface area (Å²) in [7, 11) is -2.12. The van der Waals surface area contributed by atoms with Gasteiger partial charge < -0.3 is 4.90 Å². The maximum absolute atomic E-state index is 13.3. The summed E-state index contributed by atoms with van der Waals surface area (Å²) in [5.74, 6) is -0.366. The highest BCUT2D eigenvalue weighted by Gasteiger charge is 2.29. The predicted octanol–water partition coefficient (Wildman–Crippen LogP) is 4.67. The quantitative estimate of drug-likeness (QED) is 0.575. The van der Waals surface area contributed by atoms with E-state index in [1.165, 1.54) is 33.0 Å². The number of fused-ring (bicyclic) bond motifs is 1. The van der Waals surface area contributed by atoms with Crippen LogP contribution in [0.25, 0.3) is 0 Å². The van der Waals surface area contributed by atoms with Crippen LogP contribution in [0.2, 0.25) is 5.02 Å². The summed E-state index contributed by atoms with van der Waals surface area (Å²) in [6.45, 7) is 2.68. The van der Waals surface area contributed by atoms with E-state index in [-0.39, 0.29) is 21.4 Å². The molecule has 0 radical (unpaired) electrons. The van der Waals surface area contributed by atoms with Gasteiger partial charge >= 0.3 is 0 Å². The monoisotopic (exact) mass is 454 g/mol. The first-order chi connectivity index (χ1) is 14.8. The van der Waals surface area contributed by atoms with Crippen molar-refractivity contribution in [1.29, 1.82) is 0 Å². The molecule has 0 aromatic heterocycles. The third kappa shape index (κ3) is 4.24. The molecule has 0 spiro atoms. The highest BCUT2D eigenvalue weighted by molar-refractivity contribution is 7.89. The van der Waals surface area contributed by atoms with Crippen molar-refractivity contribution in [3.63, 3.8) is 0 Å². The molecule has 1 amide bonds. The molecule has 31 heavy (non-hydrogen) atoms. The van der Waals surface area contributed by atoms with Gasteiger partial charge in [-0.2, -0.15) is 4.31 Å². The lowest BCUT2D eigenvalue weighted by Gasteiger charge is -2.28. The number of carbonyl (C=O) groups excluding carboxylic acids is 1. The molecule has 1 aliphatic heterocycles. The zero-order valence-corrected chi connectivity index (χ0v) is 18.9. The number of hydrogen-bond donors (Lipinski definition) is 0. The van der Waals surface area contributed by atoms with Crippen LogP contribution in [-0.4, -0.2) is 32.2 Å². The highest BCUT2D eigenvalue weighted by atomic mass is 35.5. The number of carbonyl (C=O) groups is 1. The van der Waals surface area contributed by atoms with E-state index in [1.807, 2.05) is 55.5 Å². The fourth-order valence-electron chi connectivity index (χ4n) is 3.72. The van der Waals surface area contributed by atoms with Gasteiger partial charge in [-0.05, 0) is 54.8 Å². The van der Waals surface area contributed by atoms with Crippen LogP contribution in [0.15, 0.2) is 71.6 Å². The van der Waals surface area contributed by atoms with Crippen LogP contribution < -0.4 is 4.90 Å². The minimum Gasteiger partial charge on any atom is -0.311 e. The van der Waals surface area contributed by atoms with Gasteiger partial charge in [-0.1, -0.05) is 53.6 Å². The summed E-state index contributed by atoms with van der Waals surface area (Å²) >= 11 is 6.29. The maximum atomic E-state index is 13.3. The molecule has 160 valence electrons. The number of nitrogens with zero attached hydrogens (tertiary/aromatic N) is 2. The number of amides is 1. The zero-order chi connectivity index (χ0) is 22.2. The van der Waals surface area contributed by atoms with Gasteiger partial charge in [-0.25, -0.2) is 8.42 Å². The first kappa shape index (κ1) is 21.6. The van der Waals surface area contributed by atoms with Crippen molar-refractivity contribution in [3.05, 3.63) is 94.0 Å². The second-order valence-electron chi connectivity index (χ2n) is 7.70. The lowest BCUT2D eigenvalue weighted by molar-refractivity contribution is 0.0993.